The van der Waals surface area contributed by atoms with Crippen molar-refractivity contribution in [1.29, 1.82) is 0 Å². The van der Waals surface area contributed by atoms with Gasteiger partial charge in [-0.2, -0.15) is 0 Å². The number of aryl methyl sites for hydroxylation is 1. The molecule has 2 aromatic carbocycles. The van der Waals surface area contributed by atoms with E-state index in [4.69, 9.17) is 0 Å². The van der Waals surface area contributed by atoms with Crippen LogP contribution in [0.2, 0.25) is 0 Å². The van der Waals surface area contributed by atoms with Crippen molar-refractivity contribution in [3.8, 4) is 5.75 Å². The number of carbonyl (C=O) groups is 2. The van der Waals surface area contributed by atoms with Gasteiger partial charge in [0, 0.05) is 5.56 Å². The van der Waals surface area contributed by atoms with Gasteiger partial charge in [-0.05, 0) is 36.4 Å². The lowest BCUT2D eigenvalue weighted by molar-refractivity contribution is -0.123. The first kappa shape index (κ1) is 15.4. The Kier molecular flexibility index (Phi) is 4.21. The molecule has 116 valence electrons. The molecule has 1 N–H and O–H groups in total. The average Bonchev–Trinajstić information content (AvgIpc) is 2.79. The summed E-state index contributed by atoms with van der Waals surface area (Å²) in [6, 6.07) is 14.4. The zero-order valence-electron chi connectivity index (χ0n) is 12.5. The van der Waals surface area contributed by atoms with Gasteiger partial charge in [-0.25, -0.2) is 0 Å². The molecule has 23 heavy (non-hydrogen) atoms. The molecule has 5 heteroatoms. The molecule has 0 aromatic heterocycles. The molecular weight excluding hydrogens is 310 g/mol. The molecule has 0 bridgehead atoms. The predicted molar refractivity (Wildman–Crippen MR) is 90.8 cm³/mol. The van der Waals surface area contributed by atoms with E-state index in [-0.39, 0.29) is 23.4 Å². The molecule has 1 heterocycles. The lowest BCUT2D eigenvalue weighted by atomic mass is 10.1. The van der Waals surface area contributed by atoms with Gasteiger partial charge in [-0.3, -0.25) is 14.5 Å². The molecule has 1 aliphatic rings. The molecule has 2 aromatic rings. The fourth-order valence-corrected chi connectivity index (χ4v) is 3.09. The molecule has 3 rings (SSSR count). The zero-order chi connectivity index (χ0) is 16.4. The number of thioether (sulfide) groups is 1. The lowest BCUT2D eigenvalue weighted by Crippen LogP contribution is -2.27. The monoisotopic (exact) mass is 325 g/mol. The van der Waals surface area contributed by atoms with Gasteiger partial charge in [0.05, 0.1) is 11.4 Å². The van der Waals surface area contributed by atoms with Crippen molar-refractivity contribution in [2.45, 2.75) is 13.5 Å². The molecule has 0 aliphatic carbocycles. The Morgan fingerprint density at radius 1 is 1.09 bits per heavy atom. The molecule has 0 unspecified atom stereocenters. The molecule has 0 saturated carbocycles. The topological polar surface area (TPSA) is 57.6 Å². The molecule has 1 saturated heterocycles. The molecule has 1 fully saturated rings. The smallest absolute Gasteiger partial charge is 0.293 e. The Balaban J connectivity index is 1.82. The van der Waals surface area contributed by atoms with E-state index in [1.807, 2.05) is 31.2 Å². The number of imide groups is 1. The third kappa shape index (κ3) is 3.29. The highest BCUT2D eigenvalue weighted by atomic mass is 32.2. The van der Waals surface area contributed by atoms with Gasteiger partial charge in [0.25, 0.3) is 11.1 Å². The first-order valence-corrected chi connectivity index (χ1v) is 7.95. The average molecular weight is 325 g/mol. The van der Waals surface area contributed by atoms with Crippen LogP contribution in [0.15, 0.2) is 53.4 Å². The van der Waals surface area contributed by atoms with Crippen molar-refractivity contribution in [3.63, 3.8) is 0 Å². The number of carbonyl (C=O) groups excluding carboxylic acids is 2. The number of phenols is 1. The summed E-state index contributed by atoms with van der Waals surface area (Å²) >= 11 is 0.895. The summed E-state index contributed by atoms with van der Waals surface area (Å²) < 4.78 is 0. The lowest BCUT2D eigenvalue weighted by Gasteiger charge is -2.12. The number of rotatable bonds is 3. The first-order valence-electron chi connectivity index (χ1n) is 7.13. The largest absolute Gasteiger partial charge is 0.507 e. The summed E-state index contributed by atoms with van der Waals surface area (Å²) in [6.07, 6.45) is 1.55. The van der Waals surface area contributed by atoms with E-state index in [0.29, 0.717) is 10.5 Å². The minimum atomic E-state index is -0.330. The second-order valence-corrected chi connectivity index (χ2v) is 6.31. The van der Waals surface area contributed by atoms with E-state index in [2.05, 4.69) is 0 Å². The van der Waals surface area contributed by atoms with E-state index in [1.54, 1.807) is 30.3 Å². The maximum atomic E-state index is 12.4. The molecule has 1 aliphatic heterocycles. The highest BCUT2D eigenvalue weighted by molar-refractivity contribution is 8.18. The van der Waals surface area contributed by atoms with E-state index in [0.717, 1.165) is 22.9 Å². The van der Waals surface area contributed by atoms with Crippen molar-refractivity contribution in [3.05, 3.63) is 70.1 Å². The Morgan fingerprint density at radius 2 is 1.78 bits per heavy atom. The van der Waals surface area contributed by atoms with Gasteiger partial charge in [-0.1, -0.05) is 48.0 Å². The first-order chi connectivity index (χ1) is 11.0. The fraction of sp³-hybridized carbons (Fsp3) is 0.111. The summed E-state index contributed by atoms with van der Waals surface area (Å²) in [5.41, 5.74) is 2.55. The van der Waals surface area contributed by atoms with Gasteiger partial charge in [-0.15, -0.1) is 0 Å². The standard InChI is InChI=1S/C18H15NO3S/c1-12-6-8-13(9-7-12)11-19-17(21)16(23-18(19)22)10-14-4-2-3-5-15(14)20/h2-10,20H,11H2,1H3/b16-10-. The number of benzene rings is 2. The van der Waals surface area contributed by atoms with Crippen molar-refractivity contribution in [1.82, 2.24) is 4.90 Å². The van der Waals surface area contributed by atoms with Crippen LogP contribution in [-0.4, -0.2) is 21.2 Å². The molecule has 0 atom stereocenters. The van der Waals surface area contributed by atoms with E-state index < -0.39 is 0 Å². The van der Waals surface area contributed by atoms with Gasteiger partial charge >= 0.3 is 0 Å². The number of para-hydroxylation sites is 1. The SMILES string of the molecule is Cc1ccc(CN2C(=O)S/C(=C\c3ccccc3O)C2=O)cc1. The molecule has 0 radical (unpaired) electrons. The van der Waals surface area contributed by atoms with Gasteiger partial charge < -0.3 is 5.11 Å². The predicted octanol–water partition coefficient (Wildman–Crippen LogP) is 3.94. The number of phenolic OH excluding ortho intramolecular Hbond substituents is 1. The van der Waals surface area contributed by atoms with Crippen LogP contribution in [0.3, 0.4) is 0 Å². The Labute approximate surface area is 138 Å². The highest BCUT2D eigenvalue weighted by Gasteiger charge is 2.35. The van der Waals surface area contributed by atoms with Crippen LogP contribution in [0, 0.1) is 6.92 Å². The summed E-state index contributed by atoms with van der Waals surface area (Å²) in [5, 5.41) is 9.49. The quantitative estimate of drug-likeness (QED) is 0.869. The molecule has 4 nitrogen and oxygen atoms in total. The van der Waals surface area contributed by atoms with Crippen LogP contribution in [0.1, 0.15) is 16.7 Å². The second kappa shape index (κ2) is 6.30. The van der Waals surface area contributed by atoms with Crippen LogP contribution in [0.5, 0.6) is 5.75 Å². The number of hydrogen-bond acceptors (Lipinski definition) is 4. The van der Waals surface area contributed by atoms with Crippen molar-refractivity contribution >= 4 is 29.0 Å². The van der Waals surface area contributed by atoms with Crippen molar-refractivity contribution < 1.29 is 14.7 Å². The minimum Gasteiger partial charge on any atom is -0.507 e. The van der Waals surface area contributed by atoms with Gasteiger partial charge in [0.15, 0.2) is 0 Å². The normalized spacial score (nSPS) is 16.4. The molecular formula is C18H15NO3S. The van der Waals surface area contributed by atoms with Gasteiger partial charge in [0.1, 0.15) is 5.75 Å². The van der Waals surface area contributed by atoms with Crippen LogP contribution in [0.4, 0.5) is 4.79 Å². The maximum absolute atomic E-state index is 12.4. The number of nitrogens with zero attached hydrogens (tertiary/aromatic N) is 1. The second-order valence-electron chi connectivity index (χ2n) is 5.31. The number of aromatic hydroxyl groups is 1. The van der Waals surface area contributed by atoms with Crippen molar-refractivity contribution in [2.24, 2.45) is 0 Å². The van der Waals surface area contributed by atoms with Crippen LogP contribution in [0.25, 0.3) is 6.08 Å². The van der Waals surface area contributed by atoms with Gasteiger partial charge in [0.2, 0.25) is 0 Å². The summed E-state index contributed by atoms with van der Waals surface area (Å²) in [4.78, 5) is 26.1. The maximum Gasteiger partial charge on any atom is 0.293 e. The summed E-state index contributed by atoms with van der Waals surface area (Å²) in [7, 11) is 0. The van der Waals surface area contributed by atoms with E-state index in [9.17, 15) is 14.7 Å². The number of hydrogen-bond donors (Lipinski definition) is 1. The fourth-order valence-electron chi connectivity index (χ4n) is 2.26. The summed E-state index contributed by atoms with van der Waals surface area (Å²) in [6.45, 7) is 2.24. The van der Waals surface area contributed by atoms with Crippen molar-refractivity contribution in [2.75, 3.05) is 0 Å². The Bertz CT molecular complexity index is 796. The Morgan fingerprint density at radius 3 is 2.48 bits per heavy atom. The summed E-state index contributed by atoms with van der Waals surface area (Å²) in [5.74, 6) is -0.248. The third-order valence-corrected chi connectivity index (χ3v) is 4.47. The molecule has 2 amide bonds. The minimum absolute atomic E-state index is 0.0813. The van der Waals surface area contributed by atoms with Crippen LogP contribution < -0.4 is 0 Å². The van der Waals surface area contributed by atoms with E-state index in [1.165, 1.54) is 4.90 Å². The Hall–Kier alpha value is -2.53. The number of amides is 2. The van der Waals surface area contributed by atoms with E-state index >= 15 is 0 Å². The third-order valence-electron chi connectivity index (χ3n) is 3.56. The zero-order valence-corrected chi connectivity index (χ0v) is 13.3. The van der Waals surface area contributed by atoms with Crippen LogP contribution in [-0.2, 0) is 11.3 Å². The molecule has 0 spiro atoms. The highest BCUT2D eigenvalue weighted by Crippen LogP contribution is 2.34. The van der Waals surface area contributed by atoms with Crippen LogP contribution >= 0.6 is 11.8 Å².